The van der Waals surface area contributed by atoms with Crippen molar-refractivity contribution < 1.29 is 51.0 Å². The predicted molar refractivity (Wildman–Crippen MR) is 127 cm³/mol. The monoisotopic (exact) mass is 561 g/mol. The van der Waals surface area contributed by atoms with E-state index in [9.17, 15) is 36.7 Å². The second-order valence-corrected chi connectivity index (χ2v) is 9.84. The van der Waals surface area contributed by atoms with E-state index in [0.717, 1.165) is 0 Å². The van der Waals surface area contributed by atoms with Crippen LogP contribution in [0.3, 0.4) is 0 Å². The minimum absolute atomic E-state index is 0.00626. The van der Waals surface area contributed by atoms with E-state index in [2.05, 4.69) is 16.0 Å². The van der Waals surface area contributed by atoms with Gasteiger partial charge in [-0.1, -0.05) is 13.8 Å². The molecule has 0 aliphatic carbocycles. The molecule has 0 unspecified atom stereocenters. The van der Waals surface area contributed by atoms with Crippen molar-refractivity contribution >= 4 is 23.7 Å². The molecule has 0 spiro atoms. The zero-order chi connectivity index (χ0) is 28.7. The fourth-order valence-electron chi connectivity index (χ4n) is 4.26. The van der Waals surface area contributed by atoms with Crippen molar-refractivity contribution in [3.05, 3.63) is 29.3 Å². The molecule has 2 heterocycles. The highest BCUT2D eigenvalue weighted by atomic mass is 19.2. The van der Waals surface area contributed by atoms with E-state index in [4.69, 9.17) is 14.2 Å². The number of hydrogen-bond donors (Lipinski definition) is 3. The van der Waals surface area contributed by atoms with Gasteiger partial charge in [-0.25, -0.2) is 13.6 Å². The standard InChI is InChI=1S/C25H31F4N3O7/c1-12(2)7-18(32-25(36)39-14-4-6-37-10-14)24(35)31-17(8-13-3-5-30-23(13)34)19(33)11-38-22-20(28)15(26)9-16(27)21(22)29/h9,12-14,17-18H,3-8,10-11H2,1-2H3,(H,30,34)(H,31,35)(H,32,36)/t13-,14-,17-,18-/m0/s1. The minimum atomic E-state index is -1.83. The Morgan fingerprint density at radius 3 is 2.33 bits per heavy atom. The number of carbonyl (C=O) groups excluding carboxylic acids is 4. The molecule has 3 amide bonds. The van der Waals surface area contributed by atoms with Crippen molar-refractivity contribution in [1.29, 1.82) is 0 Å². The number of carbonyl (C=O) groups is 4. The summed E-state index contributed by atoms with van der Waals surface area (Å²) >= 11 is 0. The third-order valence-electron chi connectivity index (χ3n) is 6.30. The molecule has 4 atom stereocenters. The van der Waals surface area contributed by atoms with Crippen molar-refractivity contribution in [2.24, 2.45) is 11.8 Å². The topological polar surface area (TPSA) is 132 Å². The molecule has 3 rings (SSSR count). The summed E-state index contributed by atoms with van der Waals surface area (Å²) in [6, 6.07) is -2.51. The summed E-state index contributed by atoms with van der Waals surface area (Å²) in [5.74, 6) is -11.3. The van der Waals surface area contributed by atoms with E-state index in [1.54, 1.807) is 13.8 Å². The lowest BCUT2D eigenvalue weighted by Gasteiger charge is -2.25. The third-order valence-corrected chi connectivity index (χ3v) is 6.30. The van der Waals surface area contributed by atoms with Crippen molar-refractivity contribution in [2.75, 3.05) is 26.4 Å². The first-order valence-electron chi connectivity index (χ1n) is 12.6. The van der Waals surface area contributed by atoms with E-state index >= 15 is 0 Å². The summed E-state index contributed by atoms with van der Waals surface area (Å²) in [7, 11) is 0. The molecular weight excluding hydrogens is 530 g/mol. The fraction of sp³-hybridized carbons (Fsp3) is 0.600. The molecule has 0 aromatic heterocycles. The van der Waals surface area contributed by atoms with Crippen molar-refractivity contribution in [3.8, 4) is 5.75 Å². The molecule has 216 valence electrons. The van der Waals surface area contributed by atoms with E-state index in [1.807, 2.05) is 0 Å². The van der Waals surface area contributed by atoms with Crippen molar-refractivity contribution in [1.82, 2.24) is 16.0 Å². The molecule has 1 aromatic rings. The smallest absolute Gasteiger partial charge is 0.408 e. The Labute approximate surface area is 222 Å². The molecule has 10 nitrogen and oxygen atoms in total. The maximum atomic E-state index is 14.0. The number of ether oxygens (including phenoxy) is 3. The molecule has 0 radical (unpaired) electrons. The quantitative estimate of drug-likeness (QED) is 0.263. The van der Waals surface area contributed by atoms with Gasteiger partial charge in [-0.2, -0.15) is 8.78 Å². The Kier molecular flexibility index (Phi) is 10.5. The normalized spacial score (nSPS) is 20.3. The first-order chi connectivity index (χ1) is 18.5. The highest BCUT2D eigenvalue weighted by Crippen LogP contribution is 2.27. The molecule has 0 bridgehead atoms. The number of hydrogen-bond acceptors (Lipinski definition) is 7. The Hall–Kier alpha value is -3.42. The van der Waals surface area contributed by atoms with Gasteiger partial charge in [0.1, 0.15) is 18.8 Å². The van der Waals surface area contributed by atoms with Gasteiger partial charge in [-0.3, -0.25) is 14.4 Å². The zero-order valence-corrected chi connectivity index (χ0v) is 21.5. The molecule has 2 fully saturated rings. The molecule has 1 aromatic carbocycles. The molecule has 14 heteroatoms. The average molecular weight is 562 g/mol. The summed E-state index contributed by atoms with van der Waals surface area (Å²) in [5, 5.41) is 7.55. The van der Waals surface area contributed by atoms with Gasteiger partial charge in [0.15, 0.2) is 23.2 Å². The lowest BCUT2D eigenvalue weighted by molar-refractivity contribution is -0.131. The van der Waals surface area contributed by atoms with Crippen LogP contribution in [0.5, 0.6) is 5.75 Å². The second-order valence-electron chi connectivity index (χ2n) is 9.84. The minimum Gasteiger partial charge on any atom is -0.479 e. The molecule has 3 N–H and O–H groups in total. The molecule has 2 aliphatic rings. The van der Waals surface area contributed by atoms with Crippen LogP contribution in [0.15, 0.2) is 6.07 Å². The van der Waals surface area contributed by atoms with Gasteiger partial charge in [-0.05, 0) is 25.2 Å². The zero-order valence-electron chi connectivity index (χ0n) is 21.5. The van der Waals surface area contributed by atoms with E-state index in [1.165, 1.54) is 0 Å². The number of benzene rings is 1. The van der Waals surface area contributed by atoms with Gasteiger partial charge in [0.05, 0.1) is 19.3 Å². The predicted octanol–water partition coefficient (Wildman–Crippen LogP) is 2.13. The second kappa shape index (κ2) is 13.6. The van der Waals surface area contributed by atoms with Crippen LogP contribution in [0.1, 0.15) is 39.5 Å². The van der Waals surface area contributed by atoms with E-state index < -0.39 is 77.5 Å². The Bertz CT molecular complexity index is 1060. The molecule has 2 aliphatic heterocycles. The lowest BCUT2D eigenvalue weighted by Crippen LogP contribution is -2.53. The first-order valence-corrected chi connectivity index (χ1v) is 12.6. The SMILES string of the molecule is CC(C)C[C@H](NC(=O)O[C@H]1CCOC1)C(=O)N[C@@H](C[C@@H]1CCNC1=O)C(=O)COc1c(F)c(F)cc(F)c1F. The summed E-state index contributed by atoms with van der Waals surface area (Å²) in [6.45, 7) is 3.55. The Balaban J connectivity index is 1.73. The van der Waals surface area contributed by atoms with Crippen LogP contribution in [0.4, 0.5) is 22.4 Å². The fourth-order valence-corrected chi connectivity index (χ4v) is 4.26. The Morgan fingerprint density at radius 1 is 1.08 bits per heavy atom. The van der Waals surface area contributed by atoms with Crippen LogP contribution in [0.25, 0.3) is 0 Å². The number of halogens is 4. The Morgan fingerprint density at radius 2 is 1.77 bits per heavy atom. The maximum Gasteiger partial charge on any atom is 0.408 e. The number of alkyl carbamates (subject to hydrolysis) is 1. The molecular formula is C25H31F4N3O7. The first kappa shape index (κ1) is 30.1. The number of ketones is 1. The number of nitrogens with one attached hydrogen (secondary N) is 3. The van der Waals surface area contributed by atoms with Crippen molar-refractivity contribution in [3.63, 3.8) is 0 Å². The summed E-state index contributed by atoms with van der Waals surface area (Å²) in [5.41, 5.74) is 0. The molecule has 2 saturated heterocycles. The average Bonchev–Trinajstić information content (AvgIpc) is 3.53. The highest BCUT2D eigenvalue weighted by Gasteiger charge is 2.34. The van der Waals surface area contributed by atoms with Crippen molar-refractivity contribution in [2.45, 2.75) is 57.7 Å². The van der Waals surface area contributed by atoms with Gasteiger partial charge < -0.3 is 30.2 Å². The van der Waals surface area contributed by atoms with Crippen LogP contribution in [-0.4, -0.2) is 68.2 Å². The van der Waals surface area contributed by atoms with Crippen LogP contribution < -0.4 is 20.7 Å². The van der Waals surface area contributed by atoms with Crippen LogP contribution in [-0.2, 0) is 23.9 Å². The molecule has 39 heavy (non-hydrogen) atoms. The summed E-state index contributed by atoms with van der Waals surface area (Å²) in [6.07, 6.45) is -0.463. The molecule has 0 saturated carbocycles. The maximum absolute atomic E-state index is 14.0. The van der Waals surface area contributed by atoms with Gasteiger partial charge >= 0.3 is 6.09 Å². The number of rotatable bonds is 12. The van der Waals surface area contributed by atoms with Gasteiger partial charge in [0.25, 0.3) is 0 Å². The summed E-state index contributed by atoms with van der Waals surface area (Å²) in [4.78, 5) is 50.7. The third kappa shape index (κ3) is 8.28. The van der Waals surface area contributed by atoms with Gasteiger partial charge in [-0.15, -0.1) is 0 Å². The van der Waals surface area contributed by atoms with Crippen LogP contribution in [0, 0.1) is 35.1 Å². The van der Waals surface area contributed by atoms with Crippen LogP contribution >= 0.6 is 0 Å². The highest BCUT2D eigenvalue weighted by molar-refractivity contribution is 5.93. The number of Topliss-reactive ketones (excluding diaryl/α,β-unsaturated/α-hetero) is 1. The van der Waals surface area contributed by atoms with Gasteiger partial charge in [0.2, 0.25) is 23.4 Å². The largest absolute Gasteiger partial charge is 0.479 e. The van der Waals surface area contributed by atoms with E-state index in [0.29, 0.717) is 26.0 Å². The van der Waals surface area contributed by atoms with Crippen LogP contribution in [0.2, 0.25) is 0 Å². The lowest BCUT2D eigenvalue weighted by atomic mass is 9.95. The number of amides is 3. The summed E-state index contributed by atoms with van der Waals surface area (Å²) < 4.78 is 70.2. The van der Waals surface area contributed by atoms with Gasteiger partial charge in [0, 0.05) is 24.9 Å². The van der Waals surface area contributed by atoms with E-state index in [-0.39, 0.29) is 37.3 Å².